The maximum absolute atomic E-state index is 14.8. The third-order valence-corrected chi connectivity index (χ3v) is 4.71. The van der Waals surface area contributed by atoms with Crippen molar-refractivity contribution in [2.24, 2.45) is 0 Å². The first-order valence-electron chi connectivity index (χ1n) is 8.88. The first-order chi connectivity index (χ1) is 14.8. The molecule has 0 aliphatic carbocycles. The van der Waals surface area contributed by atoms with E-state index in [1.165, 1.54) is 18.2 Å². The zero-order chi connectivity index (χ0) is 25.5. The highest BCUT2D eigenvalue weighted by molar-refractivity contribution is 5.55. The minimum Gasteiger partial charge on any atom is -0.378 e. The van der Waals surface area contributed by atoms with Gasteiger partial charge in [-0.25, -0.2) is 0 Å². The maximum atomic E-state index is 14.8. The van der Waals surface area contributed by atoms with E-state index in [1.54, 1.807) is 0 Å². The van der Waals surface area contributed by atoms with Gasteiger partial charge in [0.15, 0.2) is 0 Å². The van der Waals surface area contributed by atoms with Crippen molar-refractivity contribution in [2.75, 3.05) is 26.3 Å². The van der Waals surface area contributed by atoms with Gasteiger partial charge < -0.3 is 9.64 Å². The topological polar surface area (TPSA) is 12.5 Å². The van der Waals surface area contributed by atoms with Crippen molar-refractivity contribution in [2.45, 2.75) is 35.8 Å². The van der Waals surface area contributed by atoms with Gasteiger partial charge in [0.25, 0.3) is 0 Å². The Labute approximate surface area is 177 Å². The van der Waals surface area contributed by atoms with Gasteiger partial charge in [-0.1, -0.05) is 30.3 Å². The monoisotopic (exact) mass is 507 g/mol. The van der Waals surface area contributed by atoms with Gasteiger partial charge in [-0.3, -0.25) is 0 Å². The van der Waals surface area contributed by atoms with Gasteiger partial charge in [0.1, 0.15) is 0 Å². The summed E-state index contributed by atoms with van der Waals surface area (Å²) in [4.78, 5) is 0.362. The molecule has 1 aliphatic heterocycles. The van der Waals surface area contributed by atoms with Crippen molar-refractivity contribution in [3.05, 3.63) is 41.6 Å². The predicted octanol–water partition coefficient (Wildman–Crippen LogP) is 6.10. The lowest BCUT2D eigenvalue weighted by Crippen LogP contribution is -2.70. The van der Waals surface area contributed by atoms with Crippen molar-refractivity contribution in [3.63, 3.8) is 0 Å². The van der Waals surface area contributed by atoms with Crippen LogP contribution in [0.25, 0.3) is 6.08 Å². The van der Waals surface area contributed by atoms with E-state index in [0.717, 1.165) is 12.1 Å². The van der Waals surface area contributed by atoms with Crippen LogP contribution >= 0.6 is 0 Å². The number of morpholine rings is 1. The van der Waals surface area contributed by atoms with Crippen LogP contribution < -0.4 is 0 Å². The molecule has 0 spiro atoms. The molecule has 188 valence electrons. The molecular weight excluding hydrogens is 493 g/mol. The molecule has 1 saturated heterocycles. The number of alkyl halides is 13. The van der Waals surface area contributed by atoms with Crippen LogP contribution in [0.5, 0.6) is 0 Å². The molecule has 1 aromatic rings. The van der Waals surface area contributed by atoms with E-state index < -0.39 is 54.6 Å². The van der Waals surface area contributed by atoms with E-state index >= 15 is 0 Å². The Balaban J connectivity index is 2.66. The first-order valence-corrected chi connectivity index (χ1v) is 8.88. The van der Waals surface area contributed by atoms with Crippen LogP contribution in [0.2, 0.25) is 0 Å². The zero-order valence-electron chi connectivity index (χ0n) is 16.1. The van der Waals surface area contributed by atoms with Crippen molar-refractivity contribution in [3.8, 4) is 0 Å². The Hall–Kier alpha value is -2.19. The van der Waals surface area contributed by atoms with E-state index in [2.05, 4.69) is 0 Å². The number of hydrogen-bond donors (Lipinski definition) is 0. The molecule has 2 nitrogen and oxygen atoms in total. The molecule has 15 heteroatoms. The Bertz CT molecular complexity index is 843. The normalized spacial score (nSPS) is 18.0. The van der Waals surface area contributed by atoms with Crippen molar-refractivity contribution in [1.29, 1.82) is 0 Å². The molecule has 0 N–H and O–H groups in total. The highest BCUT2D eigenvalue weighted by atomic mass is 19.4. The number of nitrogens with zero attached hydrogens (tertiary/aromatic N) is 1. The number of hydrogen-bond acceptors (Lipinski definition) is 2. The van der Waals surface area contributed by atoms with Gasteiger partial charge >= 0.3 is 35.8 Å². The summed E-state index contributed by atoms with van der Waals surface area (Å²) in [5, 5.41) is 0. The number of allylic oxidation sites excluding steroid dienone is 1. The van der Waals surface area contributed by atoms with Crippen molar-refractivity contribution in [1.82, 2.24) is 4.90 Å². The van der Waals surface area contributed by atoms with Crippen LogP contribution in [0.3, 0.4) is 0 Å². The molecule has 0 amide bonds. The quantitative estimate of drug-likeness (QED) is 0.414. The molecule has 1 heterocycles. The summed E-state index contributed by atoms with van der Waals surface area (Å²) >= 11 is 0. The lowest BCUT2D eigenvalue weighted by molar-refractivity contribution is -0.437. The summed E-state index contributed by atoms with van der Waals surface area (Å²) in [6.07, 6.45) is -7.23. The Kier molecular flexibility index (Phi) is 7.01. The average Bonchev–Trinajstić information content (AvgIpc) is 2.72. The van der Waals surface area contributed by atoms with Crippen LogP contribution in [0.1, 0.15) is 5.56 Å². The molecule has 0 radical (unpaired) electrons. The lowest BCUT2D eigenvalue weighted by Gasteiger charge is -2.42. The minimum absolute atomic E-state index is 0.218. The summed E-state index contributed by atoms with van der Waals surface area (Å²) in [6, 6.07) is 5.86. The summed E-state index contributed by atoms with van der Waals surface area (Å²) in [6.45, 7) is -2.00. The third kappa shape index (κ3) is 4.35. The van der Waals surface area contributed by atoms with E-state index in [-0.39, 0.29) is 24.9 Å². The summed E-state index contributed by atoms with van der Waals surface area (Å²) in [5.74, 6) is -37.3. The van der Waals surface area contributed by atoms with E-state index in [4.69, 9.17) is 4.74 Å². The fourth-order valence-electron chi connectivity index (χ4n) is 2.82. The highest BCUT2D eigenvalue weighted by Crippen LogP contribution is 2.61. The third-order valence-electron chi connectivity index (χ3n) is 4.71. The molecule has 0 saturated carbocycles. The van der Waals surface area contributed by atoms with Gasteiger partial charge in [0, 0.05) is 13.1 Å². The second-order valence-electron chi connectivity index (χ2n) is 6.91. The van der Waals surface area contributed by atoms with E-state index in [1.807, 2.05) is 0 Å². The molecule has 1 fully saturated rings. The van der Waals surface area contributed by atoms with Crippen molar-refractivity contribution < 1.29 is 61.8 Å². The lowest BCUT2D eigenvalue weighted by atomic mass is 9.91. The van der Waals surface area contributed by atoms with Gasteiger partial charge in [-0.15, -0.1) is 0 Å². The minimum atomic E-state index is -7.94. The fourth-order valence-corrected chi connectivity index (χ4v) is 2.82. The van der Waals surface area contributed by atoms with Crippen LogP contribution in [-0.4, -0.2) is 67.0 Å². The summed E-state index contributed by atoms with van der Waals surface area (Å²) < 4.78 is 181. The Morgan fingerprint density at radius 3 is 1.58 bits per heavy atom. The van der Waals surface area contributed by atoms with E-state index in [0.29, 0.717) is 4.90 Å². The smallest absolute Gasteiger partial charge is 0.378 e. The molecule has 0 aromatic heterocycles. The SMILES string of the molecule is FC(F)(F)C(F)(F)C(F)(F)C(F)(F)C(F)(F)C(F)(F)/C(=C/c1ccccc1)N1CCOCC1. The van der Waals surface area contributed by atoms with Gasteiger partial charge in [0.2, 0.25) is 0 Å². The van der Waals surface area contributed by atoms with Gasteiger partial charge in [-0.2, -0.15) is 57.1 Å². The molecule has 1 aromatic carbocycles. The number of ether oxygens (including phenoxy) is 1. The molecule has 1 aliphatic rings. The Morgan fingerprint density at radius 2 is 1.12 bits per heavy atom. The largest absolute Gasteiger partial charge is 0.460 e. The van der Waals surface area contributed by atoms with E-state index in [9.17, 15) is 57.1 Å². The molecule has 0 unspecified atom stereocenters. The molecule has 0 bridgehead atoms. The van der Waals surface area contributed by atoms with Crippen LogP contribution in [-0.2, 0) is 4.74 Å². The second kappa shape index (κ2) is 8.55. The second-order valence-corrected chi connectivity index (χ2v) is 6.91. The standard InChI is InChI=1S/C18H14F13NO/c19-13(20,12(32-6-8-33-9-7-32)10-11-4-2-1-3-5-11)14(21,22)15(23,24)16(25,26)17(27,28)18(29,30)31/h1-5,10H,6-9H2/b12-10-. The average molecular weight is 507 g/mol. The van der Waals surface area contributed by atoms with Crippen molar-refractivity contribution >= 4 is 6.08 Å². The van der Waals surface area contributed by atoms with Crippen LogP contribution in [0.4, 0.5) is 57.1 Å². The molecule has 0 atom stereocenters. The first kappa shape index (κ1) is 27.1. The maximum Gasteiger partial charge on any atom is 0.460 e. The number of benzene rings is 1. The Morgan fingerprint density at radius 1 is 0.667 bits per heavy atom. The van der Waals surface area contributed by atoms with Crippen LogP contribution in [0, 0.1) is 0 Å². The number of halogens is 13. The predicted molar refractivity (Wildman–Crippen MR) is 87.6 cm³/mol. The summed E-state index contributed by atoms with van der Waals surface area (Å²) in [5.41, 5.74) is -2.29. The number of rotatable bonds is 7. The van der Waals surface area contributed by atoms with Gasteiger partial charge in [0.05, 0.1) is 18.9 Å². The summed E-state index contributed by atoms with van der Waals surface area (Å²) in [7, 11) is 0. The highest BCUT2D eigenvalue weighted by Gasteiger charge is 2.91. The fraction of sp³-hybridized carbons (Fsp3) is 0.556. The zero-order valence-corrected chi connectivity index (χ0v) is 16.1. The van der Waals surface area contributed by atoms with Crippen LogP contribution in [0.15, 0.2) is 36.0 Å². The van der Waals surface area contributed by atoms with Gasteiger partial charge in [-0.05, 0) is 11.6 Å². The molecular formula is C18H14F13NO. The molecule has 33 heavy (non-hydrogen) atoms. The molecule has 2 rings (SSSR count).